The molecule has 1 aromatic heterocycles. The van der Waals surface area contributed by atoms with Crippen LogP contribution in [-0.4, -0.2) is 94.0 Å². The molecule has 8 nitrogen and oxygen atoms in total. The molecule has 0 aromatic carbocycles. The second-order valence-electron chi connectivity index (χ2n) is 7.71. The van der Waals surface area contributed by atoms with Crippen molar-refractivity contribution in [3.05, 3.63) is 23.7 Å². The van der Waals surface area contributed by atoms with E-state index in [-0.39, 0.29) is 6.04 Å². The van der Waals surface area contributed by atoms with Gasteiger partial charge in [0.2, 0.25) is 0 Å². The Morgan fingerprint density at radius 3 is 2.28 bits per heavy atom. The van der Waals surface area contributed by atoms with E-state index >= 15 is 0 Å². The summed E-state index contributed by atoms with van der Waals surface area (Å²) in [6.07, 6.45) is 0. The predicted molar refractivity (Wildman–Crippen MR) is 114 cm³/mol. The lowest BCUT2D eigenvalue weighted by Crippen LogP contribution is -2.47. The monoisotopic (exact) mass is 407 g/mol. The van der Waals surface area contributed by atoms with E-state index in [2.05, 4.69) is 40.3 Å². The molecule has 8 heteroatoms. The standard InChI is InChI=1S/C21H37N5O3/c1-4-22-21(23-15-17(2)25-7-11-27-12-8-25)24-16-19(20-6-5-18(3)29-20)26-9-13-28-14-10-26/h5-6,17,19H,4,7-16H2,1-3H3,(H2,22,23,24). The predicted octanol–water partition coefficient (Wildman–Crippen LogP) is 1.24. The van der Waals surface area contributed by atoms with E-state index in [4.69, 9.17) is 18.9 Å². The fourth-order valence-electron chi connectivity index (χ4n) is 3.82. The van der Waals surface area contributed by atoms with Crippen molar-refractivity contribution in [3.63, 3.8) is 0 Å². The topological polar surface area (TPSA) is 74.5 Å². The Bertz CT molecular complexity index is 624. The van der Waals surface area contributed by atoms with Crippen LogP contribution < -0.4 is 10.6 Å². The lowest BCUT2D eigenvalue weighted by Gasteiger charge is -2.34. The second-order valence-corrected chi connectivity index (χ2v) is 7.71. The molecule has 29 heavy (non-hydrogen) atoms. The fraction of sp³-hybridized carbons (Fsp3) is 0.762. The van der Waals surface area contributed by atoms with Gasteiger partial charge in [0, 0.05) is 45.3 Å². The van der Waals surface area contributed by atoms with Crippen LogP contribution in [0.15, 0.2) is 21.5 Å². The molecule has 0 amide bonds. The number of rotatable bonds is 8. The van der Waals surface area contributed by atoms with E-state index in [1.54, 1.807) is 0 Å². The van der Waals surface area contributed by atoms with Gasteiger partial charge in [0.05, 0.1) is 39.0 Å². The molecule has 164 valence electrons. The van der Waals surface area contributed by atoms with Crippen molar-refractivity contribution in [3.8, 4) is 0 Å². The van der Waals surface area contributed by atoms with E-state index in [0.29, 0.717) is 6.04 Å². The van der Waals surface area contributed by atoms with Gasteiger partial charge in [0.15, 0.2) is 5.96 Å². The number of guanidine groups is 1. The van der Waals surface area contributed by atoms with E-state index in [0.717, 1.165) is 89.7 Å². The number of hydrogen-bond donors (Lipinski definition) is 2. The van der Waals surface area contributed by atoms with Crippen molar-refractivity contribution in [1.29, 1.82) is 0 Å². The minimum absolute atomic E-state index is 0.160. The summed E-state index contributed by atoms with van der Waals surface area (Å²) in [7, 11) is 0. The van der Waals surface area contributed by atoms with Crippen LogP contribution in [0.25, 0.3) is 0 Å². The number of morpholine rings is 2. The van der Waals surface area contributed by atoms with E-state index < -0.39 is 0 Å². The summed E-state index contributed by atoms with van der Waals surface area (Å²) in [4.78, 5) is 9.71. The van der Waals surface area contributed by atoms with Crippen LogP contribution in [0, 0.1) is 6.92 Å². The van der Waals surface area contributed by atoms with E-state index in [9.17, 15) is 0 Å². The van der Waals surface area contributed by atoms with Crippen molar-refractivity contribution in [1.82, 2.24) is 20.4 Å². The van der Waals surface area contributed by atoms with Gasteiger partial charge in [-0.3, -0.25) is 14.8 Å². The van der Waals surface area contributed by atoms with Crippen LogP contribution in [0.3, 0.4) is 0 Å². The minimum Gasteiger partial charge on any atom is -0.465 e. The van der Waals surface area contributed by atoms with Gasteiger partial charge in [-0.05, 0) is 32.9 Å². The average molecular weight is 408 g/mol. The van der Waals surface area contributed by atoms with Gasteiger partial charge in [0.1, 0.15) is 11.5 Å². The molecule has 0 bridgehead atoms. The SMILES string of the molecule is CCNC(=NCC(C)N1CCOCC1)NCC(c1ccc(C)o1)N1CCOCC1. The molecule has 0 radical (unpaired) electrons. The highest BCUT2D eigenvalue weighted by Crippen LogP contribution is 2.23. The van der Waals surface area contributed by atoms with Crippen LogP contribution in [0.1, 0.15) is 31.4 Å². The third kappa shape index (κ3) is 6.70. The van der Waals surface area contributed by atoms with Gasteiger partial charge in [-0.15, -0.1) is 0 Å². The largest absolute Gasteiger partial charge is 0.465 e. The average Bonchev–Trinajstić information content (AvgIpc) is 3.19. The van der Waals surface area contributed by atoms with Crippen LogP contribution in [0.2, 0.25) is 0 Å². The Balaban J connectivity index is 1.60. The van der Waals surface area contributed by atoms with Gasteiger partial charge in [0.25, 0.3) is 0 Å². The number of aliphatic imine (C=N–C) groups is 1. The van der Waals surface area contributed by atoms with Crippen molar-refractivity contribution in [2.24, 2.45) is 4.99 Å². The highest BCUT2D eigenvalue weighted by Gasteiger charge is 2.25. The first-order valence-corrected chi connectivity index (χ1v) is 10.9. The molecule has 0 spiro atoms. The first kappa shape index (κ1) is 22.1. The molecule has 2 unspecified atom stereocenters. The zero-order valence-electron chi connectivity index (χ0n) is 18.2. The minimum atomic E-state index is 0.160. The van der Waals surface area contributed by atoms with Gasteiger partial charge >= 0.3 is 0 Å². The summed E-state index contributed by atoms with van der Waals surface area (Å²) in [5, 5.41) is 6.92. The van der Waals surface area contributed by atoms with Crippen LogP contribution in [-0.2, 0) is 9.47 Å². The van der Waals surface area contributed by atoms with Crippen LogP contribution >= 0.6 is 0 Å². The second kappa shape index (κ2) is 11.5. The smallest absolute Gasteiger partial charge is 0.191 e. The number of hydrogen-bond acceptors (Lipinski definition) is 6. The van der Waals surface area contributed by atoms with Crippen LogP contribution in [0.4, 0.5) is 0 Å². The molecule has 1 aromatic rings. The summed E-state index contributed by atoms with van der Waals surface area (Å²) in [5.41, 5.74) is 0. The number of nitrogens with one attached hydrogen (secondary N) is 2. The number of aryl methyl sites for hydroxylation is 1. The summed E-state index contributed by atoms with van der Waals surface area (Å²) in [5.74, 6) is 2.79. The molecule has 0 saturated carbocycles. The van der Waals surface area contributed by atoms with Gasteiger partial charge < -0.3 is 24.5 Å². The quantitative estimate of drug-likeness (QED) is 0.496. The Kier molecular flexibility index (Phi) is 8.79. The highest BCUT2D eigenvalue weighted by atomic mass is 16.5. The van der Waals surface area contributed by atoms with Crippen molar-refractivity contribution in [2.75, 3.05) is 72.2 Å². The van der Waals surface area contributed by atoms with Crippen LogP contribution in [0.5, 0.6) is 0 Å². The Hall–Kier alpha value is -1.61. The Morgan fingerprint density at radius 2 is 1.69 bits per heavy atom. The summed E-state index contributed by atoms with van der Waals surface area (Å²) in [6, 6.07) is 4.68. The molecule has 2 fully saturated rings. The summed E-state index contributed by atoms with van der Waals surface area (Å²) < 4.78 is 17.0. The summed E-state index contributed by atoms with van der Waals surface area (Å²) in [6.45, 7) is 15.6. The van der Waals surface area contributed by atoms with E-state index in [1.165, 1.54) is 0 Å². The van der Waals surface area contributed by atoms with Crippen molar-refractivity contribution < 1.29 is 13.9 Å². The van der Waals surface area contributed by atoms with Crippen molar-refractivity contribution in [2.45, 2.75) is 32.9 Å². The summed E-state index contributed by atoms with van der Waals surface area (Å²) >= 11 is 0. The first-order valence-electron chi connectivity index (χ1n) is 10.9. The molecule has 3 heterocycles. The maximum atomic E-state index is 5.97. The number of ether oxygens (including phenoxy) is 2. The number of furan rings is 1. The normalized spacial score (nSPS) is 21.7. The lowest BCUT2D eigenvalue weighted by atomic mass is 10.1. The molecule has 2 aliphatic rings. The third-order valence-corrected chi connectivity index (χ3v) is 5.57. The van der Waals surface area contributed by atoms with Gasteiger partial charge in [-0.25, -0.2) is 0 Å². The maximum Gasteiger partial charge on any atom is 0.191 e. The molecule has 2 saturated heterocycles. The van der Waals surface area contributed by atoms with E-state index in [1.807, 2.05) is 13.0 Å². The molecular formula is C21H37N5O3. The van der Waals surface area contributed by atoms with Gasteiger partial charge in [-0.1, -0.05) is 0 Å². The molecule has 2 atom stereocenters. The fourth-order valence-corrected chi connectivity index (χ4v) is 3.82. The Morgan fingerprint density at radius 1 is 1.03 bits per heavy atom. The maximum absolute atomic E-state index is 5.97. The highest BCUT2D eigenvalue weighted by molar-refractivity contribution is 5.79. The molecule has 2 aliphatic heterocycles. The lowest BCUT2D eigenvalue weighted by molar-refractivity contribution is 0.0124. The zero-order valence-corrected chi connectivity index (χ0v) is 18.2. The molecule has 3 rings (SSSR count). The first-order chi connectivity index (χ1) is 14.2. The zero-order chi connectivity index (χ0) is 20.5. The molecular weight excluding hydrogens is 370 g/mol. The number of nitrogens with zero attached hydrogens (tertiary/aromatic N) is 3. The Labute approximate surface area is 174 Å². The molecule has 0 aliphatic carbocycles. The third-order valence-electron chi connectivity index (χ3n) is 5.57. The van der Waals surface area contributed by atoms with Gasteiger partial charge in [-0.2, -0.15) is 0 Å². The van der Waals surface area contributed by atoms with Crippen molar-refractivity contribution >= 4 is 5.96 Å². The molecule has 2 N–H and O–H groups in total.